The quantitative estimate of drug-likeness (QED) is 0.692. The maximum Gasteiger partial charge on any atom is 0.161 e. The Hall–Kier alpha value is -2.29. The molecule has 1 aromatic carbocycles. The summed E-state index contributed by atoms with van der Waals surface area (Å²) in [4.78, 5) is 12.6. The van der Waals surface area contributed by atoms with Gasteiger partial charge in [-0.25, -0.2) is 0 Å². The van der Waals surface area contributed by atoms with Crippen LogP contribution in [0.2, 0.25) is 0 Å². The molecule has 4 atom stereocenters. The van der Waals surface area contributed by atoms with Gasteiger partial charge in [0.25, 0.3) is 0 Å². The van der Waals surface area contributed by atoms with E-state index in [0.29, 0.717) is 5.92 Å². The highest BCUT2D eigenvalue weighted by Gasteiger charge is 2.46. The van der Waals surface area contributed by atoms with Crippen LogP contribution in [0.15, 0.2) is 55.2 Å². The Balaban J connectivity index is 1.86. The highest BCUT2D eigenvalue weighted by Crippen LogP contribution is 2.49. The van der Waals surface area contributed by atoms with Crippen molar-refractivity contribution in [2.75, 3.05) is 7.11 Å². The predicted molar refractivity (Wildman–Crippen MR) is 105 cm³/mol. The van der Waals surface area contributed by atoms with Gasteiger partial charge in [0.15, 0.2) is 17.3 Å². The molecule has 0 bridgehead atoms. The van der Waals surface area contributed by atoms with Crippen LogP contribution >= 0.6 is 0 Å². The third kappa shape index (κ3) is 3.48. The van der Waals surface area contributed by atoms with E-state index in [1.165, 1.54) is 5.56 Å². The molecule has 0 radical (unpaired) electrons. The van der Waals surface area contributed by atoms with Crippen LogP contribution in [0.3, 0.4) is 0 Å². The molecule has 3 rings (SSSR count). The number of hydrogen-bond donors (Lipinski definition) is 0. The van der Waals surface area contributed by atoms with E-state index in [9.17, 15) is 4.79 Å². The molecule has 0 saturated heterocycles. The molecule has 1 aromatic rings. The van der Waals surface area contributed by atoms with Crippen LogP contribution in [0.4, 0.5) is 0 Å². The van der Waals surface area contributed by atoms with Crippen LogP contribution in [-0.4, -0.2) is 19.0 Å². The van der Waals surface area contributed by atoms with Crippen molar-refractivity contribution in [3.63, 3.8) is 0 Å². The maximum absolute atomic E-state index is 12.6. The Morgan fingerprint density at radius 3 is 2.65 bits per heavy atom. The van der Waals surface area contributed by atoms with E-state index in [0.717, 1.165) is 29.9 Å². The molecule has 1 fully saturated rings. The summed E-state index contributed by atoms with van der Waals surface area (Å²) >= 11 is 0. The molecule has 1 saturated carbocycles. The van der Waals surface area contributed by atoms with Crippen LogP contribution in [0.25, 0.3) is 0 Å². The number of methoxy groups -OCH3 is 1. The second kappa shape index (κ2) is 7.53. The van der Waals surface area contributed by atoms with Crippen molar-refractivity contribution in [3.05, 3.63) is 60.7 Å². The number of ketones is 1. The van der Waals surface area contributed by atoms with Crippen molar-refractivity contribution in [1.29, 1.82) is 0 Å². The minimum atomic E-state index is 0.00655. The van der Waals surface area contributed by atoms with Gasteiger partial charge in [0.2, 0.25) is 0 Å². The first-order valence-corrected chi connectivity index (χ1v) is 9.31. The summed E-state index contributed by atoms with van der Waals surface area (Å²) in [6, 6.07) is 6.07. The van der Waals surface area contributed by atoms with E-state index in [1.54, 1.807) is 13.2 Å². The van der Waals surface area contributed by atoms with Gasteiger partial charge in [-0.2, -0.15) is 0 Å². The number of allylic oxidation sites excluding steroid dienone is 4. The zero-order valence-corrected chi connectivity index (χ0v) is 15.9. The molecule has 0 unspecified atom stereocenters. The molecular weight excluding hydrogens is 324 g/mol. The minimum absolute atomic E-state index is 0.00655. The van der Waals surface area contributed by atoms with E-state index in [2.05, 4.69) is 19.2 Å². The number of fused-ring (bicyclic) bond motifs is 1. The standard InChI is InChI=1S/C23H28O3/c1-6-17-13-18(23-19(24)9-7-15(4)22(17)23)11-16-8-10-20(25-5)21(12-16)26-14(2)3/h6-10,12,14,17-18,22-23H,1,4,11,13H2,2-3,5H3/t17-,18+,22-,23-/m0/s1. The molecule has 2 aliphatic rings. The Kier molecular flexibility index (Phi) is 5.36. The van der Waals surface area contributed by atoms with Crippen molar-refractivity contribution in [1.82, 2.24) is 0 Å². The Bertz CT molecular complexity index is 744. The monoisotopic (exact) mass is 352 g/mol. The zero-order valence-electron chi connectivity index (χ0n) is 15.9. The van der Waals surface area contributed by atoms with Gasteiger partial charge in [-0.3, -0.25) is 4.79 Å². The lowest BCUT2D eigenvalue weighted by Gasteiger charge is -2.28. The fourth-order valence-electron chi connectivity index (χ4n) is 4.48. The predicted octanol–water partition coefficient (Wildman–Crippen LogP) is 4.77. The van der Waals surface area contributed by atoms with Crippen LogP contribution in [-0.2, 0) is 11.2 Å². The lowest BCUT2D eigenvalue weighted by molar-refractivity contribution is -0.120. The Labute approximate surface area is 156 Å². The van der Waals surface area contributed by atoms with E-state index >= 15 is 0 Å². The summed E-state index contributed by atoms with van der Waals surface area (Å²) < 4.78 is 11.3. The molecule has 0 spiro atoms. The van der Waals surface area contributed by atoms with Crippen LogP contribution in [0, 0.1) is 23.7 Å². The molecule has 2 aliphatic carbocycles. The summed E-state index contributed by atoms with van der Waals surface area (Å²) in [5.74, 6) is 2.53. The molecule has 0 aromatic heterocycles. The molecule has 3 nitrogen and oxygen atoms in total. The fourth-order valence-corrected chi connectivity index (χ4v) is 4.48. The van der Waals surface area contributed by atoms with E-state index < -0.39 is 0 Å². The van der Waals surface area contributed by atoms with Gasteiger partial charge in [0.1, 0.15) is 0 Å². The van der Waals surface area contributed by atoms with Crippen LogP contribution in [0.1, 0.15) is 25.8 Å². The van der Waals surface area contributed by atoms with Crippen molar-refractivity contribution in [2.24, 2.45) is 23.7 Å². The number of carbonyl (C=O) groups excluding carboxylic acids is 1. The lowest BCUT2D eigenvalue weighted by Crippen LogP contribution is -2.29. The van der Waals surface area contributed by atoms with Gasteiger partial charge in [0, 0.05) is 5.92 Å². The van der Waals surface area contributed by atoms with E-state index in [4.69, 9.17) is 9.47 Å². The molecule has 0 amide bonds. The first-order valence-electron chi connectivity index (χ1n) is 9.31. The van der Waals surface area contributed by atoms with Crippen molar-refractivity contribution >= 4 is 5.78 Å². The van der Waals surface area contributed by atoms with Gasteiger partial charge < -0.3 is 9.47 Å². The number of carbonyl (C=O) groups is 1. The van der Waals surface area contributed by atoms with Crippen molar-refractivity contribution in [3.8, 4) is 11.5 Å². The van der Waals surface area contributed by atoms with Crippen LogP contribution in [0.5, 0.6) is 11.5 Å². The van der Waals surface area contributed by atoms with Crippen molar-refractivity contribution in [2.45, 2.75) is 32.8 Å². The highest BCUT2D eigenvalue weighted by atomic mass is 16.5. The van der Waals surface area contributed by atoms with Crippen molar-refractivity contribution < 1.29 is 14.3 Å². The largest absolute Gasteiger partial charge is 0.493 e. The molecule has 3 heteroatoms. The van der Waals surface area contributed by atoms with Gasteiger partial charge in [-0.1, -0.05) is 30.4 Å². The van der Waals surface area contributed by atoms with Gasteiger partial charge in [0.05, 0.1) is 13.2 Å². The topological polar surface area (TPSA) is 35.5 Å². The summed E-state index contributed by atoms with van der Waals surface area (Å²) in [6.45, 7) is 12.2. The van der Waals surface area contributed by atoms with Gasteiger partial charge in [-0.15, -0.1) is 6.58 Å². The summed E-state index contributed by atoms with van der Waals surface area (Å²) in [6.07, 6.45) is 7.46. The summed E-state index contributed by atoms with van der Waals surface area (Å²) in [5, 5.41) is 0. The average Bonchev–Trinajstić information content (AvgIpc) is 2.97. The van der Waals surface area contributed by atoms with Gasteiger partial charge in [-0.05, 0) is 68.2 Å². The van der Waals surface area contributed by atoms with Crippen LogP contribution < -0.4 is 9.47 Å². The van der Waals surface area contributed by atoms with E-state index in [1.807, 2.05) is 38.1 Å². The first kappa shape index (κ1) is 18.5. The second-order valence-corrected chi connectivity index (χ2v) is 7.61. The number of benzene rings is 1. The van der Waals surface area contributed by atoms with Gasteiger partial charge >= 0.3 is 0 Å². The average molecular weight is 352 g/mol. The fraction of sp³-hybridized carbons (Fsp3) is 0.435. The Morgan fingerprint density at radius 2 is 2.00 bits per heavy atom. The third-order valence-corrected chi connectivity index (χ3v) is 5.54. The molecule has 0 N–H and O–H groups in total. The molecule has 138 valence electrons. The summed E-state index contributed by atoms with van der Waals surface area (Å²) in [7, 11) is 1.65. The third-order valence-electron chi connectivity index (χ3n) is 5.54. The lowest BCUT2D eigenvalue weighted by atomic mass is 9.75. The Morgan fingerprint density at radius 1 is 1.23 bits per heavy atom. The number of hydrogen-bond acceptors (Lipinski definition) is 3. The highest BCUT2D eigenvalue weighted by molar-refractivity contribution is 5.94. The second-order valence-electron chi connectivity index (χ2n) is 7.61. The van der Waals surface area contributed by atoms with E-state index in [-0.39, 0.29) is 29.6 Å². The SMILES string of the molecule is C=C[C@H]1C[C@@H](Cc2ccc(OC)c(OC(C)C)c2)[C@H]2C(=O)C=CC(=C)[C@H]21. The smallest absolute Gasteiger partial charge is 0.161 e. The molecule has 26 heavy (non-hydrogen) atoms. The number of ether oxygens (including phenoxy) is 2. The maximum atomic E-state index is 12.6. The minimum Gasteiger partial charge on any atom is -0.493 e. The number of rotatable bonds is 6. The molecule has 0 aliphatic heterocycles. The first-order chi connectivity index (χ1) is 12.4. The normalized spacial score (nSPS) is 27.5. The summed E-state index contributed by atoms with van der Waals surface area (Å²) in [5.41, 5.74) is 2.23. The zero-order chi connectivity index (χ0) is 18.8. The molecular formula is C23H28O3. The molecule has 0 heterocycles.